The predicted octanol–water partition coefficient (Wildman–Crippen LogP) is 3.73. The average Bonchev–Trinajstić information content (AvgIpc) is 2.67. The van der Waals surface area contributed by atoms with Gasteiger partial charge in [0.1, 0.15) is 5.75 Å². The summed E-state index contributed by atoms with van der Waals surface area (Å²) in [6.45, 7) is 10.6. The molecule has 1 aliphatic heterocycles. The first-order chi connectivity index (χ1) is 12.3. The molecule has 1 atom stereocenters. The highest BCUT2D eigenvalue weighted by molar-refractivity contribution is 7.97. The molecule has 5 nitrogen and oxygen atoms in total. The number of benzene rings is 1. The number of aromatic nitrogens is 1. The van der Waals surface area contributed by atoms with Crippen LogP contribution in [0, 0.1) is 0 Å². The van der Waals surface area contributed by atoms with Gasteiger partial charge in [0.2, 0.25) is 0 Å². The smallest absolute Gasteiger partial charge is 0.155 e. The van der Waals surface area contributed by atoms with Crippen LogP contribution in [0.15, 0.2) is 57.7 Å². The zero-order chi connectivity index (χ0) is 17.6. The van der Waals surface area contributed by atoms with E-state index in [1.165, 1.54) is 10.5 Å². The third-order valence-electron chi connectivity index (χ3n) is 4.30. The van der Waals surface area contributed by atoms with Crippen molar-refractivity contribution in [2.24, 2.45) is 10.2 Å². The summed E-state index contributed by atoms with van der Waals surface area (Å²) < 4.78 is 10.3. The maximum Gasteiger partial charge on any atom is 0.155 e. The van der Waals surface area contributed by atoms with Crippen LogP contribution in [0.25, 0.3) is 0 Å². The molecule has 0 saturated heterocycles. The predicted molar refractivity (Wildman–Crippen MR) is 103 cm³/mol. The molecule has 0 bridgehead atoms. The van der Waals surface area contributed by atoms with Crippen molar-refractivity contribution in [3.63, 3.8) is 0 Å². The van der Waals surface area contributed by atoms with Crippen LogP contribution in [-0.4, -0.2) is 35.3 Å². The third-order valence-corrected chi connectivity index (χ3v) is 5.53. The van der Waals surface area contributed by atoms with Crippen LogP contribution in [-0.2, 0) is 0 Å². The van der Waals surface area contributed by atoms with E-state index >= 15 is 0 Å². The Morgan fingerprint density at radius 1 is 1.24 bits per heavy atom. The lowest BCUT2D eigenvalue weighted by Gasteiger charge is -2.28. The molecule has 0 saturated carbocycles. The first kappa shape index (κ1) is 17.8. The third kappa shape index (κ3) is 3.96. The fraction of sp³-hybridized carbons (Fsp3) is 0.368. The van der Waals surface area contributed by atoms with E-state index in [1.807, 2.05) is 18.2 Å². The molecule has 1 aromatic heterocycles. The van der Waals surface area contributed by atoms with Crippen LogP contribution in [0.1, 0.15) is 31.9 Å². The summed E-state index contributed by atoms with van der Waals surface area (Å²) in [5.74, 6) is 0.950. The second-order valence-electron chi connectivity index (χ2n) is 5.77. The highest BCUT2D eigenvalue weighted by atomic mass is 32.2. The van der Waals surface area contributed by atoms with Crippen molar-refractivity contribution in [3.8, 4) is 5.75 Å². The molecule has 0 amide bonds. The minimum atomic E-state index is 0.183. The number of fused-ring (bicyclic) bond motifs is 1. The van der Waals surface area contributed by atoms with Crippen LogP contribution in [0.2, 0.25) is 0 Å². The molecule has 3 rings (SSSR count). The lowest BCUT2D eigenvalue weighted by atomic mass is 10.0. The summed E-state index contributed by atoms with van der Waals surface area (Å²) in [4.78, 5) is 1.19. The van der Waals surface area contributed by atoms with Crippen molar-refractivity contribution in [3.05, 3.63) is 53.6 Å². The van der Waals surface area contributed by atoms with Crippen LogP contribution >= 0.6 is 11.9 Å². The van der Waals surface area contributed by atoms with Crippen LogP contribution < -0.4 is 10.2 Å². The SMILES string of the molecule is C=N/N=c1/ccc(SN(CC)CC)cn1C1CCOc2ccccc21. The maximum absolute atomic E-state index is 5.81. The van der Waals surface area contributed by atoms with Gasteiger partial charge >= 0.3 is 0 Å². The second kappa shape index (κ2) is 8.36. The number of ether oxygens (including phenoxy) is 1. The Kier molecular flexibility index (Phi) is 5.94. The minimum absolute atomic E-state index is 0.183. The Balaban J connectivity index is 2.05. The summed E-state index contributed by atoms with van der Waals surface area (Å²) in [5, 5.41) is 7.97. The Hall–Kier alpha value is -2.05. The molecular formula is C19H24N4OS. The molecule has 0 aliphatic carbocycles. The number of hydrogen-bond acceptors (Lipinski definition) is 5. The number of nitrogens with zero attached hydrogens (tertiary/aromatic N) is 4. The van der Waals surface area contributed by atoms with E-state index < -0.39 is 0 Å². The molecule has 2 aromatic rings. The first-order valence-electron chi connectivity index (χ1n) is 8.63. The maximum atomic E-state index is 5.81. The van der Waals surface area contributed by atoms with Gasteiger partial charge in [0, 0.05) is 42.9 Å². The molecule has 1 unspecified atom stereocenters. The van der Waals surface area contributed by atoms with Gasteiger partial charge in [0.25, 0.3) is 0 Å². The highest BCUT2D eigenvalue weighted by Crippen LogP contribution is 2.34. The van der Waals surface area contributed by atoms with Gasteiger partial charge in [-0.15, -0.1) is 5.10 Å². The van der Waals surface area contributed by atoms with E-state index in [1.54, 1.807) is 11.9 Å². The van der Waals surface area contributed by atoms with Crippen LogP contribution in [0.3, 0.4) is 0 Å². The van der Waals surface area contributed by atoms with Crippen molar-refractivity contribution >= 4 is 18.7 Å². The normalized spacial score (nSPS) is 17.2. The second-order valence-corrected chi connectivity index (χ2v) is 6.94. The average molecular weight is 356 g/mol. The van der Waals surface area contributed by atoms with Gasteiger partial charge in [-0.25, -0.2) is 4.31 Å². The molecule has 0 spiro atoms. The monoisotopic (exact) mass is 356 g/mol. The van der Waals surface area contributed by atoms with Gasteiger partial charge in [-0.3, -0.25) is 0 Å². The Morgan fingerprint density at radius 2 is 2.04 bits per heavy atom. The fourth-order valence-electron chi connectivity index (χ4n) is 3.06. The van der Waals surface area contributed by atoms with E-state index in [2.05, 4.69) is 64.0 Å². The lowest BCUT2D eigenvalue weighted by molar-refractivity contribution is 0.253. The summed E-state index contributed by atoms with van der Waals surface area (Å²) in [6.07, 6.45) is 3.07. The van der Waals surface area contributed by atoms with Crippen LogP contribution in [0.5, 0.6) is 5.75 Å². The molecule has 0 N–H and O–H groups in total. The number of para-hydroxylation sites is 1. The fourth-order valence-corrected chi connectivity index (χ4v) is 3.91. The molecule has 132 valence electrons. The van der Waals surface area contributed by atoms with Gasteiger partial charge in [-0.05, 0) is 30.1 Å². The quantitative estimate of drug-likeness (QED) is 0.450. The molecular weight excluding hydrogens is 332 g/mol. The number of hydrogen-bond donors (Lipinski definition) is 0. The molecule has 2 heterocycles. The number of pyridine rings is 1. The molecule has 1 aromatic carbocycles. The summed E-state index contributed by atoms with van der Waals surface area (Å²) in [5.41, 5.74) is 1.99. The van der Waals surface area contributed by atoms with Gasteiger partial charge in [-0.1, -0.05) is 32.0 Å². The Bertz CT molecular complexity index is 798. The molecule has 0 fully saturated rings. The van der Waals surface area contributed by atoms with E-state index in [-0.39, 0.29) is 6.04 Å². The summed E-state index contributed by atoms with van der Waals surface area (Å²) >= 11 is 1.77. The van der Waals surface area contributed by atoms with Crippen molar-refractivity contribution in [2.75, 3.05) is 19.7 Å². The molecule has 25 heavy (non-hydrogen) atoms. The molecule has 6 heteroatoms. The van der Waals surface area contributed by atoms with Gasteiger partial charge < -0.3 is 9.30 Å². The van der Waals surface area contributed by atoms with E-state index in [9.17, 15) is 0 Å². The Labute approximate surface area is 153 Å². The zero-order valence-electron chi connectivity index (χ0n) is 14.8. The van der Waals surface area contributed by atoms with Gasteiger partial charge in [0.15, 0.2) is 5.49 Å². The standard InChI is InChI=1S/C19H24N4OS/c1-4-22(5-2)25-15-10-11-19(21-20-3)23(14-15)17-12-13-24-18-9-7-6-8-16(17)18/h6-11,14,17H,3-5,12-13H2,1-2H3/b21-19-. The van der Waals surface area contributed by atoms with Gasteiger partial charge in [-0.2, -0.15) is 5.10 Å². The minimum Gasteiger partial charge on any atom is -0.493 e. The molecule has 1 aliphatic rings. The summed E-state index contributed by atoms with van der Waals surface area (Å²) in [7, 11) is 0. The van der Waals surface area contributed by atoms with Crippen molar-refractivity contribution < 1.29 is 4.74 Å². The highest BCUT2D eigenvalue weighted by Gasteiger charge is 2.23. The summed E-state index contributed by atoms with van der Waals surface area (Å²) in [6, 6.07) is 12.5. The first-order valence-corrected chi connectivity index (χ1v) is 9.40. The van der Waals surface area contributed by atoms with E-state index in [0.29, 0.717) is 6.61 Å². The Morgan fingerprint density at radius 3 is 2.80 bits per heavy atom. The van der Waals surface area contributed by atoms with Crippen LogP contribution in [0.4, 0.5) is 0 Å². The van der Waals surface area contributed by atoms with E-state index in [4.69, 9.17) is 4.74 Å². The van der Waals surface area contributed by atoms with Crippen molar-refractivity contribution in [1.29, 1.82) is 0 Å². The zero-order valence-corrected chi connectivity index (χ0v) is 15.6. The van der Waals surface area contributed by atoms with Gasteiger partial charge in [0.05, 0.1) is 12.6 Å². The molecule has 0 radical (unpaired) electrons. The topological polar surface area (TPSA) is 42.1 Å². The number of rotatable bonds is 6. The van der Waals surface area contributed by atoms with E-state index in [0.717, 1.165) is 30.7 Å². The largest absolute Gasteiger partial charge is 0.493 e. The lowest BCUT2D eigenvalue weighted by Crippen LogP contribution is -2.29. The van der Waals surface area contributed by atoms with Crippen molar-refractivity contribution in [2.45, 2.75) is 31.2 Å². The van der Waals surface area contributed by atoms with Crippen molar-refractivity contribution in [1.82, 2.24) is 8.87 Å².